The molecule has 5 aromatic rings. The number of para-hydroxylation sites is 3. The van der Waals surface area contributed by atoms with Crippen molar-refractivity contribution in [1.29, 1.82) is 0 Å². The Bertz CT molecular complexity index is 1670. The van der Waals surface area contributed by atoms with E-state index in [-0.39, 0.29) is 11.2 Å². The van der Waals surface area contributed by atoms with Gasteiger partial charge >= 0.3 is 7.12 Å². The monoisotopic (exact) mass is 568 g/mol. The molecule has 0 saturated carbocycles. The summed E-state index contributed by atoms with van der Waals surface area (Å²) in [6.45, 7) is 8.38. The highest BCUT2D eigenvalue weighted by molar-refractivity contribution is 7.99. The summed E-state index contributed by atoms with van der Waals surface area (Å²) in [6.07, 6.45) is 0. The second-order valence-corrected chi connectivity index (χ2v) is 12.8. The zero-order valence-electron chi connectivity index (χ0n) is 24.3. The van der Waals surface area contributed by atoms with Crippen LogP contribution in [0.1, 0.15) is 27.7 Å². The van der Waals surface area contributed by atoms with Gasteiger partial charge in [0.25, 0.3) is 0 Å². The van der Waals surface area contributed by atoms with Crippen molar-refractivity contribution in [2.24, 2.45) is 0 Å². The van der Waals surface area contributed by atoms with E-state index < -0.39 is 7.12 Å². The highest BCUT2D eigenvalue weighted by Crippen LogP contribution is 2.51. The van der Waals surface area contributed by atoms with Crippen LogP contribution in [0.4, 0.5) is 34.1 Å². The summed E-state index contributed by atoms with van der Waals surface area (Å²) in [5, 5.41) is 0. The lowest BCUT2D eigenvalue weighted by molar-refractivity contribution is 0.00578. The van der Waals surface area contributed by atoms with Gasteiger partial charge in [-0.2, -0.15) is 0 Å². The average Bonchev–Trinajstić information content (AvgIpc) is 3.23. The predicted molar refractivity (Wildman–Crippen MR) is 176 cm³/mol. The fourth-order valence-corrected chi connectivity index (χ4v) is 6.64. The van der Waals surface area contributed by atoms with Gasteiger partial charge in [0.15, 0.2) is 0 Å². The quantitative estimate of drug-likeness (QED) is 0.193. The molecule has 6 heteroatoms. The van der Waals surface area contributed by atoms with Crippen LogP contribution in [0.5, 0.6) is 0 Å². The summed E-state index contributed by atoms with van der Waals surface area (Å²) in [5.41, 5.74) is 7.06. The summed E-state index contributed by atoms with van der Waals surface area (Å²) < 4.78 is 12.8. The smallest absolute Gasteiger partial charge is 0.399 e. The van der Waals surface area contributed by atoms with Crippen LogP contribution >= 0.6 is 11.8 Å². The molecule has 4 nitrogen and oxygen atoms in total. The lowest BCUT2D eigenvalue weighted by atomic mass is 9.79. The molecule has 0 spiro atoms. The number of benzene rings is 5. The van der Waals surface area contributed by atoms with E-state index in [0.29, 0.717) is 0 Å². The number of nitrogens with zero attached hydrogens (tertiary/aromatic N) is 2. The maximum Gasteiger partial charge on any atom is 0.494 e. The van der Waals surface area contributed by atoms with Crippen molar-refractivity contribution in [2.75, 3.05) is 9.80 Å². The number of rotatable bonds is 5. The number of hydrogen-bond acceptors (Lipinski definition) is 5. The molecule has 1 saturated heterocycles. The Balaban J connectivity index is 1.27. The van der Waals surface area contributed by atoms with Gasteiger partial charge in [0.1, 0.15) is 0 Å². The Morgan fingerprint density at radius 2 is 1.10 bits per heavy atom. The minimum absolute atomic E-state index is 0.380. The second-order valence-electron chi connectivity index (χ2n) is 11.7. The fourth-order valence-electron chi connectivity index (χ4n) is 5.53. The number of anilines is 6. The molecule has 0 radical (unpaired) electrons. The third kappa shape index (κ3) is 4.70. The Kier molecular flexibility index (Phi) is 6.66. The van der Waals surface area contributed by atoms with Crippen LogP contribution in [0.25, 0.3) is 0 Å². The van der Waals surface area contributed by atoms with Crippen molar-refractivity contribution in [2.45, 2.75) is 48.7 Å². The van der Waals surface area contributed by atoms with Crippen molar-refractivity contribution in [3.63, 3.8) is 0 Å². The molecule has 0 atom stereocenters. The molecule has 2 aliphatic rings. The van der Waals surface area contributed by atoms with E-state index in [2.05, 4.69) is 165 Å². The molecule has 1 fully saturated rings. The maximum absolute atomic E-state index is 6.38. The highest BCUT2D eigenvalue weighted by Gasteiger charge is 2.51. The van der Waals surface area contributed by atoms with Crippen molar-refractivity contribution >= 4 is 58.5 Å². The highest BCUT2D eigenvalue weighted by atomic mass is 32.2. The van der Waals surface area contributed by atoms with Gasteiger partial charge in [0.2, 0.25) is 0 Å². The molecule has 0 N–H and O–H groups in total. The van der Waals surface area contributed by atoms with Crippen molar-refractivity contribution in [1.82, 2.24) is 0 Å². The van der Waals surface area contributed by atoms with E-state index in [1.165, 1.54) is 15.5 Å². The van der Waals surface area contributed by atoms with Crippen LogP contribution < -0.4 is 15.3 Å². The number of hydrogen-bond donors (Lipinski definition) is 0. The van der Waals surface area contributed by atoms with Gasteiger partial charge in [0.05, 0.1) is 22.6 Å². The zero-order valence-corrected chi connectivity index (χ0v) is 25.1. The Labute approximate surface area is 253 Å². The lowest BCUT2D eigenvalue weighted by Crippen LogP contribution is -2.41. The van der Waals surface area contributed by atoms with Crippen molar-refractivity contribution in [3.8, 4) is 0 Å². The molecule has 5 aromatic carbocycles. The molecule has 0 aromatic heterocycles. The van der Waals surface area contributed by atoms with E-state index in [1.807, 2.05) is 0 Å². The summed E-state index contributed by atoms with van der Waals surface area (Å²) in [7, 11) is -0.396. The molecular formula is C36H33BN2O2S. The second kappa shape index (κ2) is 10.4. The first kappa shape index (κ1) is 26.9. The third-order valence-corrected chi connectivity index (χ3v) is 9.58. The molecule has 2 aliphatic heterocycles. The molecule has 208 valence electrons. The Morgan fingerprint density at radius 1 is 0.571 bits per heavy atom. The molecule has 0 aliphatic carbocycles. The van der Waals surface area contributed by atoms with E-state index in [1.54, 1.807) is 11.8 Å². The minimum Gasteiger partial charge on any atom is -0.399 e. The maximum atomic E-state index is 6.38. The summed E-state index contributed by atoms with van der Waals surface area (Å²) in [5.74, 6) is 0. The topological polar surface area (TPSA) is 24.9 Å². The van der Waals surface area contributed by atoms with Crippen LogP contribution in [0.15, 0.2) is 137 Å². The summed E-state index contributed by atoms with van der Waals surface area (Å²) in [4.78, 5) is 7.04. The Morgan fingerprint density at radius 3 is 1.71 bits per heavy atom. The standard InChI is InChI=1S/C36H33BN2O2S/c1-35(2)36(3,4)41-37(40-35)26-19-24-32-34(25-26)42-33-18-12-11-17-31(33)39(32)30-22-20-29(21-23-30)38(27-13-7-5-8-14-27)28-15-9-6-10-16-28/h5-25H,1-4H3. The van der Waals surface area contributed by atoms with Crippen LogP contribution in [0.2, 0.25) is 0 Å². The van der Waals surface area contributed by atoms with E-state index in [9.17, 15) is 0 Å². The molecule has 0 amide bonds. The molecular weight excluding hydrogens is 535 g/mol. The van der Waals surface area contributed by atoms with Gasteiger partial charge in [-0.05, 0) is 106 Å². The van der Waals surface area contributed by atoms with Crippen LogP contribution in [-0.4, -0.2) is 18.3 Å². The molecule has 42 heavy (non-hydrogen) atoms. The van der Waals surface area contributed by atoms with Gasteiger partial charge < -0.3 is 19.1 Å². The SMILES string of the molecule is CC1(C)OB(c2ccc3c(c2)Sc2ccccc2N3c2ccc(N(c3ccccc3)c3ccccc3)cc2)OC1(C)C. The van der Waals surface area contributed by atoms with Crippen LogP contribution in [0, 0.1) is 0 Å². The largest absolute Gasteiger partial charge is 0.494 e. The van der Waals surface area contributed by atoms with Crippen molar-refractivity contribution in [3.05, 3.63) is 127 Å². The normalized spacial score (nSPS) is 16.6. The van der Waals surface area contributed by atoms with Gasteiger partial charge in [-0.15, -0.1) is 0 Å². The summed E-state index contributed by atoms with van der Waals surface area (Å²) >= 11 is 1.80. The van der Waals surface area contributed by atoms with E-state index >= 15 is 0 Å². The van der Waals surface area contributed by atoms with Gasteiger partial charge in [-0.3, -0.25) is 0 Å². The van der Waals surface area contributed by atoms with Crippen LogP contribution in [-0.2, 0) is 9.31 Å². The van der Waals surface area contributed by atoms with Gasteiger partial charge in [-0.1, -0.05) is 66.4 Å². The molecule has 0 bridgehead atoms. The third-order valence-electron chi connectivity index (χ3n) is 8.47. The fraction of sp³-hybridized carbons (Fsp3) is 0.167. The average molecular weight is 569 g/mol. The first-order valence-corrected chi connectivity index (χ1v) is 15.2. The predicted octanol–water partition coefficient (Wildman–Crippen LogP) is 9.39. The molecule has 7 rings (SSSR count). The van der Waals surface area contributed by atoms with Gasteiger partial charge in [-0.25, -0.2) is 0 Å². The van der Waals surface area contributed by atoms with E-state index in [4.69, 9.17) is 9.31 Å². The zero-order chi connectivity index (χ0) is 28.9. The Hall–Kier alpha value is -3.97. The van der Waals surface area contributed by atoms with Crippen LogP contribution in [0.3, 0.4) is 0 Å². The lowest BCUT2D eigenvalue weighted by Gasteiger charge is -2.33. The van der Waals surface area contributed by atoms with Crippen molar-refractivity contribution < 1.29 is 9.31 Å². The van der Waals surface area contributed by atoms with E-state index in [0.717, 1.165) is 33.9 Å². The number of fused-ring (bicyclic) bond motifs is 2. The first-order valence-electron chi connectivity index (χ1n) is 14.4. The molecule has 2 heterocycles. The molecule has 0 unspecified atom stereocenters. The summed E-state index contributed by atoms with van der Waals surface area (Å²) in [6, 6.07) is 45.0. The minimum atomic E-state index is -0.396. The first-order chi connectivity index (χ1) is 20.3. The van der Waals surface area contributed by atoms with Gasteiger partial charge in [0, 0.05) is 32.5 Å².